The van der Waals surface area contributed by atoms with Crippen LogP contribution in [0.4, 0.5) is 0 Å². The van der Waals surface area contributed by atoms with Gasteiger partial charge in [0, 0.05) is 23.2 Å². The van der Waals surface area contributed by atoms with Gasteiger partial charge in [-0.2, -0.15) is 0 Å². The van der Waals surface area contributed by atoms with Gasteiger partial charge in [-0.3, -0.25) is 4.79 Å². The molecule has 0 spiro atoms. The van der Waals surface area contributed by atoms with E-state index >= 15 is 0 Å². The molecule has 0 fully saturated rings. The second kappa shape index (κ2) is 6.37. The Morgan fingerprint density at radius 2 is 2.05 bits per heavy atom. The van der Waals surface area contributed by atoms with Gasteiger partial charge >= 0.3 is 0 Å². The van der Waals surface area contributed by atoms with Crippen molar-refractivity contribution in [3.63, 3.8) is 0 Å². The number of phenolic OH excluding ortho intramolecular Hbond substituents is 2. The van der Waals surface area contributed by atoms with Gasteiger partial charge in [0.05, 0.1) is 12.7 Å². The summed E-state index contributed by atoms with van der Waals surface area (Å²) in [7, 11) is 1.52. The molecule has 2 rings (SSSR count). The van der Waals surface area contributed by atoms with Crippen molar-refractivity contribution < 1.29 is 19.7 Å². The second-order valence-corrected chi connectivity index (χ2v) is 4.71. The normalized spacial score (nSPS) is 10.2. The molecule has 0 aliphatic carbocycles. The maximum Gasteiger partial charge on any atom is 0.255 e. The standard InChI is InChI=1S/C15H14ClNO4/c1-21-14-4-2-3-12(16)11(14)8-17-15(20)10-6-5-9(18)7-13(10)19/h2-7,18-19H,8H2,1H3,(H,17,20). The number of aromatic hydroxyl groups is 2. The van der Waals surface area contributed by atoms with Crippen molar-refractivity contribution in [2.45, 2.75) is 6.54 Å². The molecule has 0 aromatic heterocycles. The number of nitrogens with one attached hydrogen (secondary N) is 1. The molecule has 3 N–H and O–H groups in total. The summed E-state index contributed by atoms with van der Waals surface area (Å²) in [6.07, 6.45) is 0. The molecule has 6 heteroatoms. The number of rotatable bonds is 4. The van der Waals surface area contributed by atoms with Crippen LogP contribution in [0.2, 0.25) is 5.02 Å². The van der Waals surface area contributed by atoms with Gasteiger partial charge in [0.15, 0.2) is 0 Å². The van der Waals surface area contributed by atoms with E-state index in [4.69, 9.17) is 16.3 Å². The van der Waals surface area contributed by atoms with Gasteiger partial charge in [-0.05, 0) is 24.3 Å². The smallest absolute Gasteiger partial charge is 0.255 e. The SMILES string of the molecule is COc1cccc(Cl)c1CNC(=O)c1ccc(O)cc1O. The van der Waals surface area contributed by atoms with E-state index in [1.54, 1.807) is 18.2 Å². The van der Waals surface area contributed by atoms with Gasteiger partial charge in [-0.25, -0.2) is 0 Å². The van der Waals surface area contributed by atoms with Crippen LogP contribution < -0.4 is 10.1 Å². The molecule has 21 heavy (non-hydrogen) atoms. The third-order valence-corrected chi connectivity index (χ3v) is 3.30. The van der Waals surface area contributed by atoms with Crippen molar-refractivity contribution in [1.29, 1.82) is 0 Å². The molecule has 0 saturated carbocycles. The zero-order chi connectivity index (χ0) is 15.4. The van der Waals surface area contributed by atoms with E-state index in [-0.39, 0.29) is 23.6 Å². The Morgan fingerprint density at radius 1 is 1.29 bits per heavy atom. The number of carbonyl (C=O) groups is 1. The number of methoxy groups -OCH3 is 1. The summed E-state index contributed by atoms with van der Waals surface area (Å²) >= 11 is 6.08. The van der Waals surface area contributed by atoms with Gasteiger partial charge < -0.3 is 20.3 Å². The molecule has 0 bridgehead atoms. The number of amides is 1. The molecular weight excluding hydrogens is 294 g/mol. The first-order valence-corrected chi connectivity index (χ1v) is 6.52. The van der Waals surface area contributed by atoms with E-state index in [0.717, 1.165) is 6.07 Å². The van der Waals surface area contributed by atoms with Crippen LogP contribution in [0.1, 0.15) is 15.9 Å². The summed E-state index contributed by atoms with van der Waals surface area (Å²) in [5, 5.41) is 22.0. The Balaban J connectivity index is 2.15. The average molecular weight is 308 g/mol. The highest BCUT2D eigenvalue weighted by Crippen LogP contribution is 2.26. The number of carbonyl (C=O) groups excluding carboxylic acids is 1. The van der Waals surface area contributed by atoms with Gasteiger partial charge in [-0.1, -0.05) is 17.7 Å². The summed E-state index contributed by atoms with van der Waals surface area (Å²) < 4.78 is 5.19. The predicted octanol–water partition coefficient (Wildman–Crippen LogP) is 2.69. The summed E-state index contributed by atoms with van der Waals surface area (Å²) in [6.45, 7) is 0.155. The van der Waals surface area contributed by atoms with Gasteiger partial charge in [0.2, 0.25) is 0 Å². The van der Waals surface area contributed by atoms with Crippen LogP contribution in [0.15, 0.2) is 36.4 Å². The molecular formula is C15H14ClNO4. The number of phenols is 2. The predicted molar refractivity (Wildman–Crippen MR) is 78.9 cm³/mol. The molecule has 1 amide bonds. The zero-order valence-electron chi connectivity index (χ0n) is 11.3. The number of hydrogen-bond acceptors (Lipinski definition) is 4. The van der Waals surface area contributed by atoms with Crippen LogP contribution in [-0.4, -0.2) is 23.2 Å². The quantitative estimate of drug-likeness (QED) is 0.811. The van der Waals surface area contributed by atoms with Gasteiger partial charge in [0.1, 0.15) is 17.2 Å². The maximum atomic E-state index is 12.0. The average Bonchev–Trinajstić information content (AvgIpc) is 2.45. The molecule has 0 heterocycles. The Hall–Kier alpha value is -2.40. The fourth-order valence-electron chi connectivity index (χ4n) is 1.88. The number of ether oxygens (including phenoxy) is 1. The van der Waals surface area contributed by atoms with Crippen LogP contribution in [0, 0.1) is 0 Å². The van der Waals surface area contributed by atoms with Crippen LogP contribution in [0.25, 0.3) is 0 Å². The molecule has 0 saturated heterocycles. The molecule has 2 aromatic carbocycles. The van der Waals surface area contributed by atoms with Crippen molar-refractivity contribution >= 4 is 17.5 Å². The minimum atomic E-state index is -0.477. The molecule has 0 aliphatic rings. The number of benzene rings is 2. The van der Waals surface area contributed by atoms with Crippen LogP contribution in [0.3, 0.4) is 0 Å². The lowest BCUT2D eigenvalue weighted by atomic mass is 10.1. The van der Waals surface area contributed by atoms with Crippen molar-refractivity contribution in [1.82, 2.24) is 5.32 Å². The Bertz CT molecular complexity index is 673. The largest absolute Gasteiger partial charge is 0.508 e. The van der Waals surface area contributed by atoms with Crippen molar-refractivity contribution in [3.05, 3.63) is 52.5 Å². The summed E-state index contributed by atoms with van der Waals surface area (Å²) in [5.74, 6) is -0.317. The lowest BCUT2D eigenvalue weighted by Gasteiger charge is -2.12. The highest BCUT2D eigenvalue weighted by Gasteiger charge is 2.13. The first-order valence-electron chi connectivity index (χ1n) is 6.14. The third-order valence-electron chi connectivity index (χ3n) is 2.95. The molecule has 2 aromatic rings. The highest BCUT2D eigenvalue weighted by molar-refractivity contribution is 6.31. The third kappa shape index (κ3) is 3.38. The molecule has 0 atom stereocenters. The highest BCUT2D eigenvalue weighted by atomic mass is 35.5. The van der Waals surface area contributed by atoms with E-state index in [1.807, 2.05) is 0 Å². The molecule has 110 valence electrons. The number of hydrogen-bond donors (Lipinski definition) is 3. The fraction of sp³-hybridized carbons (Fsp3) is 0.133. The molecule has 0 aliphatic heterocycles. The first-order chi connectivity index (χ1) is 10.0. The summed E-state index contributed by atoms with van der Waals surface area (Å²) in [5.41, 5.74) is 0.715. The van der Waals surface area contributed by atoms with E-state index in [2.05, 4.69) is 5.32 Å². The Morgan fingerprint density at radius 3 is 2.71 bits per heavy atom. The topological polar surface area (TPSA) is 78.8 Å². The van der Waals surface area contributed by atoms with E-state index in [0.29, 0.717) is 16.3 Å². The Labute approximate surface area is 126 Å². The van der Waals surface area contributed by atoms with Crippen LogP contribution in [-0.2, 0) is 6.54 Å². The maximum absolute atomic E-state index is 12.0. The van der Waals surface area contributed by atoms with Crippen molar-refractivity contribution in [2.75, 3.05) is 7.11 Å². The zero-order valence-corrected chi connectivity index (χ0v) is 12.0. The minimum Gasteiger partial charge on any atom is -0.508 e. The summed E-state index contributed by atoms with van der Waals surface area (Å²) in [6, 6.07) is 8.95. The van der Waals surface area contributed by atoms with E-state index in [9.17, 15) is 15.0 Å². The number of halogens is 1. The van der Waals surface area contributed by atoms with Crippen molar-refractivity contribution in [3.8, 4) is 17.2 Å². The van der Waals surface area contributed by atoms with Crippen LogP contribution >= 0.6 is 11.6 Å². The van der Waals surface area contributed by atoms with E-state index < -0.39 is 5.91 Å². The lowest BCUT2D eigenvalue weighted by molar-refractivity contribution is 0.0948. The van der Waals surface area contributed by atoms with Crippen LogP contribution in [0.5, 0.6) is 17.2 Å². The minimum absolute atomic E-state index is 0.0684. The second-order valence-electron chi connectivity index (χ2n) is 4.30. The molecule has 5 nitrogen and oxygen atoms in total. The molecule has 0 radical (unpaired) electrons. The molecule has 0 unspecified atom stereocenters. The lowest BCUT2D eigenvalue weighted by Crippen LogP contribution is -2.23. The Kier molecular flexibility index (Phi) is 4.55. The summed E-state index contributed by atoms with van der Waals surface area (Å²) in [4.78, 5) is 12.0. The van der Waals surface area contributed by atoms with Crippen molar-refractivity contribution in [2.24, 2.45) is 0 Å². The monoisotopic (exact) mass is 307 g/mol. The van der Waals surface area contributed by atoms with E-state index in [1.165, 1.54) is 19.2 Å². The first kappa shape index (κ1) is 15.0. The van der Waals surface area contributed by atoms with Gasteiger partial charge in [0.25, 0.3) is 5.91 Å². The fourth-order valence-corrected chi connectivity index (χ4v) is 2.11. The van der Waals surface area contributed by atoms with Gasteiger partial charge in [-0.15, -0.1) is 0 Å².